The lowest BCUT2D eigenvalue weighted by molar-refractivity contribution is -0.605. The van der Waals surface area contributed by atoms with Crippen LogP contribution in [0.2, 0.25) is 0 Å². The van der Waals surface area contributed by atoms with Crippen LogP contribution < -0.4 is 15.1 Å². The Kier molecular flexibility index (Phi) is 6.41. The maximum atomic E-state index is 12.2. The Morgan fingerprint density at radius 3 is 1.28 bits per heavy atom. The summed E-state index contributed by atoms with van der Waals surface area (Å²) in [7, 11) is 7.69. The summed E-state index contributed by atoms with van der Waals surface area (Å²) in [6, 6.07) is 11.4. The molecule has 1 fully saturated rings. The molecule has 1 heterocycles. The number of benzene rings is 2. The third-order valence-corrected chi connectivity index (χ3v) is 6.51. The Morgan fingerprint density at radius 1 is 0.719 bits per heavy atom. The summed E-state index contributed by atoms with van der Waals surface area (Å²) in [6.45, 7) is 3.27. The van der Waals surface area contributed by atoms with Crippen molar-refractivity contribution < 1.29 is 9.85 Å². The first-order valence-electron chi connectivity index (χ1n) is 10.5. The van der Waals surface area contributed by atoms with Crippen molar-refractivity contribution in [3.63, 3.8) is 0 Å². The fourth-order valence-corrected chi connectivity index (χ4v) is 4.71. The van der Waals surface area contributed by atoms with Gasteiger partial charge in [0.1, 0.15) is 17.5 Å². The van der Waals surface area contributed by atoms with Crippen molar-refractivity contribution in [2.24, 2.45) is 5.41 Å². The van der Waals surface area contributed by atoms with Crippen LogP contribution >= 0.6 is 0 Å². The highest BCUT2D eigenvalue weighted by Crippen LogP contribution is 2.47. The van der Waals surface area contributed by atoms with Crippen molar-refractivity contribution in [3.8, 4) is 0 Å². The normalized spacial score (nSPS) is 24.6. The molecule has 0 saturated carbocycles. The second-order valence-corrected chi connectivity index (χ2v) is 9.38. The number of hydrogen-bond acceptors (Lipinski definition) is 7. The van der Waals surface area contributed by atoms with E-state index in [1.807, 2.05) is 86.5 Å². The van der Waals surface area contributed by atoms with E-state index >= 15 is 0 Å². The fraction of sp³-hybridized carbons (Fsp3) is 0.478. The summed E-state index contributed by atoms with van der Waals surface area (Å²) in [5, 5.41) is 27.7. The van der Waals surface area contributed by atoms with Crippen molar-refractivity contribution >= 4 is 11.4 Å². The van der Waals surface area contributed by atoms with Crippen molar-refractivity contribution in [2.75, 3.05) is 38.0 Å². The topological polar surface area (TPSA) is 105 Å². The van der Waals surface area contributed by atoms with Crippen molar-refractivity contribution in [1.29, 1.82) is 0 Å². The van der Waals surface area contributed by atoms with Crippen molar-refractivity contribution in [2.45, 2.75) is 38.0 Å². The molecular weight excluding hydrogens is 410 g/mol. The maximum absolute atomic E-state index is 12.2. The molecule has 0 unspecified atom stereocenters. The SMILES string of the molecule is CN(C)c1ccc([C@H]2N[C@@H](c3ccc(N(C)C)cc3)[C@H]([N+](=O)[O-])C(C)(C)[C@@H]2[N+](=O)[O-])cc1. The first kappa shape index (κ1) is 23.5. The van der Waals surface area contributed by atoms with E-state index in [2.05, 4.69) is 5.32 Å². The van der Waals surface area contributed by atoms with Gasteiger partial charge in [-0.1, -0.05) is 24.3 Å². The van der Waals surface area contributed by atoms with Crippen LogP contribution in [-0.4, -0.2) is 50.1 Å². The Hall–Kier alpha value is -3.20. The molecule has 2 aromatic rings. The molecule has 0 aliphatic carbocycles. The average Bonchev–Trinajstić information content (AvgIpc) is 2.71. The van der Waals surface area contributed by atoms with E-state index < -0.39 is 29.6 Å². The van der Waals surface area contributed by atoms with E-state index in [0.717, 1.165) is 22.5 Å². The zero-order valence-corrected chi connectivity index (χ0v) is 19.4. The molecule has 1 aliphatic heterocycles. The Bertz CT molecular complexity index is 895. The Balaban J connectivity index is 2.10. The van der Waals surface area contributed by atoms with Gasteiger partial charge in [-0.05, 0) is 49.2 Å². The van der Waals surface area contributed by atoms with Gasteiger partial charge >= 0.3 is 0 Å². The number of hydrogen-bond donors (Lipinski definition) is 1. The van der Waals surface area contributed by atoms with Gasteiger partial charge in [-0.25, -0.2) is 0 Å². The van der Waals surface area contributed by atoms with E-state index in [1.165, 1.54) is 0 Å². The van der Waals surface area contributed by atoms with Crippen LogP contribution in [0.25, 0.3) is 0 Å². The second kappa shape index (κ2) is 8.74. The molecule has 0 spiro atoms. The molecule has 3 rings (SSSR count). The summed E-state index contributed by atoms with van der Waals surface area (Å²) in [4.78, 5) is 27.5. The smallest absolute Gasteiger partial charge is 0.243 e. The van der Waals surface area contributed by atoms with Crippen LogP contribution in [0.15, 0.2) is 48.5 Å². The predicted molar refractivity (Wildman–Crippen MR) is 126 cm³/mol. The van der Waals surface area contributed by atoms with Crippen molar-refractivity contribution in [3.05, 3.63) is 79.9 Å². The molecule has 9 heteroatoms. The largest absolute Gasteiger partial charge is 0.378 e. The molecule has 32 heavy (non-hydrogen) atoms. The van der Waals surface area contributed by atoms with Crippen LogP contribution in [0.4, 0.5) is 11.4 Å². The van der Waals surface area contributed by atoms with E-state index in [1.54, 1.807) is 13.8 Å². The number of rotatable bonds is 6. The minimum absolute atomic E-state index is 0.376. The zero-order valence-electron chi connectivity index (χ0n) is 19.4. The Labute approximate surface area is 188 Å². The number of nitrogens with one attached hydrogen (secondary N) is 1. The molecule has 1 aliphatic rings. The van der Waals surface area contributed by atoms with Gasteiger partial charge in [0, 0.05) is 49.4 Å². The average molecular weight is 442 g/mol. The van der Waals surface area contributed by atoms with Gasteiger partial charge in [-0.2, -0.15) is 0 Å². The van der Waals surface area contributed by atoms with Gasteiger partial charge in [-0.3, -0.25) is 25.5 Å². The van der Waals surface area contributed by atoms with Gasteiger partial charge in [0.15, 0.2) is 0 Å². The van der Waals surface area contributed by atoms with Gasteiger partial charge < -0.3 is 9.80 Å². The highest BCUT2D eigenvalue weighted by Gasteiger charge is 2.62. The Morgan fingerprint density at radius 2 is 1.03 bits per heavy atom. The zero-order chi connectivity index (χ0) is 23.8. The third kappa shape index (κ3) is 4.25. The highest BCUT2D eigenvalue weighted by molar-refractivity contribution is 5.48. The van der Waals surface area contributed by atoms with Gasteiger partial charge in [0.05, 0.1) is 0 Å². The van der Waals surface area contributed by atoms with Gasteiger partial charge in [-0.15, -0.1) is 0 Å². The standard InChI is InChI=1S/C23H31N5O4/c1-23(2)21(27(29)30)19(15-7-11-17(12-8-15)25(3)4)24-20(22(23)28(31)32)16-9-13-18(14-10-16)26(5)6/h7-14,19-22,24H,1-6H3/t19-,20+,21-,22+. The van der Waals surface area contributed by atoms with E-state index in [4.69, 9.17) is 0 Å². The third-order valence-electron chi connectivity index (χ3n) is 6.51. The van der Waals surface area contributed by atoms with Crippen LogP contribution in [-0.2, 0) is 0 Å². The molecule has 4 atom stereocenters. The minimum Gasteiger partial charge on any atom is -0.378 e. The molecular formula is C23H31N5O4. The predicted octanol–water partition coefficient (Wildman–Crippen LogP) is 3.52. The molecule has 1 saturated heterocycles. The lowest BCUT2D eigenvalue weighted by Gasteiger charge is -2.44. The van der Waals surface area contributed by atoms with Gasteiger partial charge in [0.2, 0.25) is 12.1 Å². The summed E-state index contributed by atoms with van der Waals surface area (Å²) >= 11 is 0. The van der Waals surface area contributed by atoms with E-state index in [9.17, 15) is 20.2 Å². The van der Waals surface area contributed by atoms with Gasteiger partial charge in [0.25, 0.3) is 0 Å². The molecule has 1 N–H and O–H groups in total. The lowest BCUT2D eigenvalue weighted by Crippen LogP contribution is -2.63. The molecule has 9 nitrogen and oxygen atoms in total. The number of nitro groups is 2. The maximum Gasteiger partial charge on any atom is 0.243 e. The summed E-state index contributed by atoms with van der Waals surface area (Å²) in [5.74, 6) is 0. The summed E-state index contributed by atoms with van der Waals surface area (Å²) in [5.41, 5.74) is 2.22. The van der Waals surface area contributed by atoms with Crippen molar-refractivity contribution in [1.82, 2.24) is 5.32 Å². The molecule has 0 aromatic heterocycles. The van der Waals surface area contributed by atoms with E-state index in [-0.39, 0.29) is 9.85 Å². The quantitative estimate of drug-likeness (QED) is 0.540. The molecule has 0 bridgehead atoms. The van der Waals surface area contributed by atoms with Crippen LogP contribution in [0.1, 0.15) is 37.1 Å². The molecule has 0 amide bonds. The first-order valence-corrected chi connectivity index (χ1v) is 10.5. The lowest BCUT2D eigenvalue weighted by atomic mass is 9.66. The summed E-state index contributed by atoms with van der Waals surface area (Å²) in [6.07, 6.45) is 0. The van der Waals surface area contributed by atoms with Crippen LogP contribution in [0.5, 0.6) is 0 Å². The monoisotopic (exact) mass is 441 g/mol. The molecule has 0 radical (unpaired) electrons. The first-order chi connectivity index (χ1) is 14.9. The second-order valence-electron chi connectivity index (χ2n) is 9.38. The fourth-order valence-electron chi connectivity index (χ4n) is 4.71. The van der Waals surface area contributed by atoms with Crippen LogP contribution in [0.3, 0.4) is 0 Å². The van der Waals surface area contributed by atoms with Crippen LogP contribution in [0, 0.1) is 25.6 Å². The minimum atomic E-state index is -1.20. The highest BCUT2D eigenvalue weighted by atomic mass is 16.6. The molecule has 2 aromatic carbocycles. The molecule has 172 valence electrons. The summed E-state index contributed by atoms with van der Waals surface area (Å²) < 4.78 is 0. The number of anilines is 2. The number of nitrogens with zero attached hydrogens (tertiary/aromatic N) is 4. The number of piperidine rings is 1. The van der Waals surface area contributed by atoms with E-state index in [0.29, 0.717) is 0 Å².